The summed E-state index contributed by atoms with van der Waals surface area (Å²) in [7, 11) is 0. The maximum atomic E-state index is 12.2. The second kappa shape index (κ2) is 5.19. The van der Waals surface area contributed by atoms with Crippen molar-refractivity contribution in [3.8, 4) is 0 Å². The molecule has 19 heavy (non-hydrogen) atoms. The number of hydrogen-bond donors (Lipinski definition) is 2. The van der Waals surface area contributed by atoms with Crippen molar-refractivity contribution in [2.45, 2.75) is 40.0 Å². The summed E-state index contributed by atoms with van der Waals surface area (Å²) in [6, 6.07) is 0. The van der Waals surface area contributed by atoms with Crippen molar-refractivity contribution in [2.75, 3.05) is 13.1 Å². The van der Waals surface area contributed by atoms with Gasteiger partial charge in [-0.15, -0.1) is 0 Å². The fourth-order valence-electron chi connectivity index (χ4n) is 2.19. The number of carboxylic acid groups (broad SMARTS) is 2. The summed E-state index contributed by atoms with van der Waals surface area (Å²) in [6.07, 6.45) is 0.609. The van der Waals surface area contributed by atoms with E-state index in [4.69, 9.17) is 10.2 Å². The zero-order valence-electron chi connectivity index (χ0n) is 11.6. The highest BCUT2D eigenvalue weighted by Crippen LogP contribution is 2.34. The van der Waals surface area contributed by atoms with Crippen LogP contribution < -0.4 is 0 Å². The zero-order valence-corrected chi connectivity index (χ0v) is 11.6. The highest BCUT2D eigenvalue weighted by molar-refractivity contribution is 5.98. The average Bonchev–Trinajstić information content (AvgIpc) is 2.37. The molecule has 1 rings (SSSR count). The number of carbonyl (C=O) groups is 3. The Bertz CT molecular complexity index is 378. The lowest BCUT2D eigenvalue weighted by Crippen LogP contribution is -2.52. The summed E-state index contributed by atoms with van der Waals surface area (Å²) in [5, 5.41) is 18.2. The van der Waals surface area contributed by atoms with Gasteiger partial charge in [0.05, 0.1) is 0 Å². The van der Waals surface area contributed by atoms with Gasteiger partial charge in [0.25, 0.3) is 0 Å². The van der Waals surface area contributed by atoms with Gasteiger partial charge < -0.3 is 15.1 Å². The second-order valence-electron chi connectivity index (χ2n) is 5.72. The van der Waals surface area contributed by atoms with Gasteiger partial charge in [0.1, 0.15) is 0 Å². The van der Waals surface area contributed by atoms with E-state index < -0.39 is 22.8 Å². The first-order valence-corrected chi connectivity index (χ1v) is 6.43. The molecule has 2 N–H and O–H groups in total. The van der Waals surface area contributed by atoms with Gasteiger partial charge in [0.2, 0.25) is 5.91 Å². The van der Waals surface area contributed by atoms with Crippen molar-refractivity contribution in [2.24, 2.45) is 10.8 Å². The number of carbonyl (C=O) groups excluding carboxylic acids is 1. The molecule has 1 heterocycles. The lowest BCUT2D eigenvalue weighted by Gasteiger charge is -2.39. The fourth-order valence-corrected chi connectivity index (χ4v) is 2.19. The van der Waals surface area contributed by atoms with Crippen molar-refractivity contribution in [1.82, 2.24) is 4.90 Å². The van der Waals surface area contributed by atoms with E-state index in [1.165, 1.54) is 0 Å². The van der Waals surface area contributed by atoms with Crippen LogP contribution in [-0.2, 0) is 14.4 Å². The lowest BCUT2D eigenvalue weighted by molar-refractivity contribution is -0.170. The van der Waals surface area contributed by atoms with Crippen molar-refractivity contribution < 1.29 is 24.6 Å². The van der Waals surface area contributed by atoms with Gasteiger partial charge in [0, 0.05) is 18.5 Å². The largest absolute Gasteiger partial charge is 0.480 e. The van der Waals surface area contributed by atoms with Crippen LogP contribution in [0.2, 0.25) is 0 Å². The van der Waals surface area contributed by atoms with E-state index in [1.54, 1.807) is 4.90 Å². The van der Waals surface area contributed by atoms with Crippen molar-refractivity contribution in [1.29, 1.82) is 0 Å². The molecule has 1 fully saturated rings. The molecule has 6 heteroatoms. The molecule has 0 spiro atoms. The molecule has 1 amide bonds. The molecular weight excluding hydrogens is 250 g/mol. The van der Waals surface area contributed by atoms with Crippen LogP contribution in [-0.4, -0.2) is 46.0 Å². The predicted octanol–water partition coefficient (Wildman–Crippen LogP) is 1.20. The molecule has 0 saturated carbocycles. The first-order valence-electron chi connectivity index (χ1n) is 6.43. The van der Waals surface area contributed by atoms with E-state index in [9.17, 15) is 14.4 Å². The Morgan fingerprint density at radius 3 is 1.84 bits per heavy atom. The van der Waals surface area contributed by atoms with Crippen LogP contribution in [0.4, 0.5) is 0 Å². The van der Waals surface area contributed by atoms with Gasteiger partial charge >= 0.3 is 11.9 Å². The van der Waals surface area contributed by atoms with Crippen LogP contribution in [0.5, 0.6) is 0 Å². The quantitative estimate of drug-likeness (QED) is 0.749. The van der Waals surface area contributed by atoms with Gasteiger partial charge in [-0.25, -0.2) is 0 Å². The number of aliphatic carboxylic acids is 2. The third-order valence-electron chi connectivity index (χ3n) is 4.19. The molecule has 0 aromatic rings. The van der Waals surface area contributed by atoms with Gasteiger partial charge in [-0.05, 0) is 19.3 Å². The zero-order chi connectivity index (χ0) is 14.8. The number of nitrogens with zero attached hydrogens (tertiary/aromatic N) is 1. The highest BCUT2D eigenvalue weighted by atomic mass is 16.4. The maximum absolute atomic E-state index is 12.2. The number of amides is 1. The normalized spacial score (nSPS) is 19.0. The summed E-state index contributed by atoms with van der Waals surface area (Å²) >= 11 is 0. The first-order chi connectivity index (χ1) is 8.67. The molecule has 0 unspecified atom stereocenters. The molecular formula is C13H21NO5. The fraction of sp³-hybridized carbons (Fsp3) is 0.769. The molecule has 6 nitrogen and oxygen atoms in total. The standard InChI is InChI=1S/C13H21NO5/c1-4-12(2,3)9(15)14-7-5-13(6-8-14,10(16)17)11(18)19/h4-8H2,1-3H3,(H,16,17)(H,18,19). The monoisotopic (exact) mass is 271 g/mol. The van der Waals surface area contributed by atoms with E-state index in [1.807, 2.05) is 20.8 Å². The van der Waals surface area contributed by atoms with Crippen molar-refractivity contribution >= 4 is 17.8 Å². The van der Waals surface area contributed by atoms with Crippen LogP contribution in [0.3, 0.4) is 0 Å². The SMILES string of the molecule is CCC(C)(C)C(=O)N1CCC(C(=O)O)(C(=O)O)CC1. The van der Waals surface area contributed by atoms with Crippen molar-refractivity contribution in [3.63, 3.8) is 0 Å². The maximum Gasteiger partial charge on any atom is 0.321 e. The topological polar surface area (TPSA) is 94.9 Å². The van der Waals surface area contributed by atoms with Crippen LogP contribution >= 0.6 is 0 Å². The van der Waals surface area contributed by atoms with Crippen LogP contribution in [0.15, 0.2) is 0 Å². The average molecular weight is 271 g/mol. The number of likely N-dealkylation sites (tertiary alicyclic amines) is 1. The Kier molecular flexibility index (Phi) is 4.22. The van der Waals surface area contributed by atoms with Gasteiger partial charge in [-0.1, -0.05) is 20.8 Å². The number of piperidine rings is 1. The van der Waals surface area contributed by atoms with Crippen LogP contribution in [0.1, 0.15) is 40.0 Å². The molecule has 108 valence electrons. The van der Waals surface area contributed by atoms with E-state index in [-0.39, 0.29) is 31.8 Å². The van der Waals surface area contributed by atoms with E-state index in [0.29, 0.717) is 6.42 Å². The molecule has 1 aliphatic heterocycles. The van der Waals surface area contributed by atoms with Gasteiger partial charge in [-0.3, -0.25) is 14.4 Å². The smallest absolute Gasteiger partial charge is 0.321 e. The molecule has 0 bridgehead atoms. The minimum absolute atomic E-state index is 0.0385. The predicted molar refractivity (Wildman–Crippen MR) is 67.6 cm³/mol. The van der Waals surface area contributed by atoms with E-state index in [2.05, 4.69) is 0 Å². The van der Waals surface area contributed by atoms with E-state index in [0.717, 1.165) is 0 Å². The summed E-state index contributed by atoms with van der Waals surface area (Å²) in [5.74, 6) is -2.68. The number of carboxylic acids is 2. The van der Waals surface area contributed by atoms with Gasteiger partial charge in [0.15, 0.2) is 5.41 Å². The molecule has 0 aliphatic carbocycles. The Morgan fingerprint density at radius 2 is 1.53 bits per heavy atom. The Hall–Kier alpha value is -1.59. The van der Waals surface area contributed by atoms with Crippen LogP contribution in [0.25, 0.3) is 0 Å². The van der Waals surface area contributed by atoms with Gasteiger partial charge in [-0.2, -0.15) is 0 Å². The second-order valence-corrected chi connectivity index (χ2v) is 5.72. The third-order valence-corrected chi connectivity index (χ3v) is 4.19. The van der Waals surface area contributed by atoms with Crippen LogP contribution in [0, 0.1) is 10.8 Å². The third kappa shape index (κ3) is 2.72. The molecule has 0 aromatic carbocycles. The minimum atomic E-state index is -1.74. The molecule has 0 atom stereocenters. The Labute approximate surface area is 112 Å². The molecule has 0 radical (unpaired) electrons. The molecule has 0 aromatic heterocycles. The summed E-state index contributed by atoms with van der Waals surface area (Å²) in [5.41, 5.74) is -2.24. The summed E-state index contributed by atoms with van der Waals surface area (Å²) in [4.78, 5) is 36.1. The summed E-state index contributed by atoms with van der Waals surface area (Å²) < 4.78 is 0. The lowest BCUT2D eigenvalue weighted by atomic mass is 9.77. The van der Waals surface area contributed by atoms with Crippen molar-refractivity contribution in [3.05, 3.63) is 0 Å². The first kappa shape index (κ1) is 15.5. The highest BCUT2D eigenvalue weighted by Gasteiger charge is 2.49. The Morgan fingerprint density at radius 1 is 1.11 bits per heavy atom. The summed E-state index contributed by atoms with van der Waals surface area (Å²) in [6.45, 7) is 5.96. The van der Waals surface area contributed by atoms with E-state index >= 15 is 0 Å². The number of hydrogen-bond acceptors (Lipinski definition) is 3. The minimum Gasteiger partial charge on any atom is -0.480 e. The Balaban J connectivity index is 2.80. The molecule has 1 saturated heterocycles. The molecule has 1 aliphatic rings. The number of rotatable bonds is 4.